The number of nitrogen functional groups attached to an aromatic ring is 1. The number of benzene rings is 3. The van der Waals surface area contributed by atoms with E-state index in [2.05, 4.69) is 9.97 Å². The molecule has 0 radical (unpaired) electrons. The van der Waals surface area contributed by atoms with E-state index in [0.717, 1.165) is 21.9 Å². The summed E-state index contributed by atoms with van der Waals surface area (Å²) in [5.41, 5.74) is 8.87. The summed E-state index contributed by atoms with van der Waals surface area (Å²) in [6.45, 7) is 0.701. The van der Waals surface area contributed by atoms with Crippen molar-refractivity contribution in [2.75, 3.05) is 12.8 Å². The fourth-order valence-corrected chi connectivity index (χ4v) is 3.93. The minimum Gasteiger partial charge on any atom is -0.465 e. The Kier molecular flexibility index (Phi) is 5.10. The Morgan fingerprint density at radius 2 is 1.70 bits per heavy atom. The first-order valence-corrected chi connectivity index (χ1v) is 10.4. The first-order valence-electron chi connectivity index (χ1n) is 10.4. The van der Waals surface area contributed by atoms with Crippen molar-refractivity contribution in [3.05, 3.63) is 100 Å². The number of carbonyl (C=O) groups excluding carboxylic acids is 1. The minimum absolute atomic E-state index is 0.119. The van der Waals surface area contributed by atoms with Crippen LogP contribution < -0.4 is 11.3 Å². The van der Waals surface area contributed by atoms with Crippen molar-refractivity contribution in [1.82, 2.24) is 19.1 Å². The second kappa shape index (κ2) is 8.23. The number of aromatic nitrogens is 4. The van der Waals surface area contributed by atoms with E-state index in [1.807, 2.05) is 54.6 Å². The number of imidazole rings is 1. The third-order valence-corrected chi connectivity index (χ3v) is 5.65. The largest absolute Gasteiger partial charge is 0.465 e. The molecular weight excluding hydrogens is 418 g/mol. The summed E-state index contributed by atoms with van der Waals surface area (Å²) < 4.78 is 7.94. The summed E-state index contributed by atoms with van der Waals surface area (Å²) in [7, 11) is 1.34. The highest BCUT2D eigenvalue weighted by atomic mass is 16.5. The summed E-state index contributed by atoms with van der Waals surface area (Å²) in [5.74, 6) is -0.278. The SMILES string of the molecule is COC(=O)c1ccc(Cn2cnc3nc(N)n(Cc4ccc5ccccc5c4)c(=O)c32)cc1. The van der Waals surface area contributed by atoms with Crippen LogP contribution in [0.1, 0.15) is 21.5 Å². The van der Waals surface area contributed by atoms with Crippen LogP contribution >= 0.6 is 0 Å². The molecule has 5 aromatic rings. The Balaban J connectivity index is 1.50. The average Bonchev–Trinajstić information content (AvgIpc) is 3.23. The number of rotatable bonds is 5. The molecule has 0 saturated heterocycles. The Morgan fingerprint density at radius 3 is 2.45 bits per heavy atom. The predicted octanol–water partition coefficient (Wildman–Crippen LogP) is 3.21. The lowest BCUT2D eigenvalue weighted by atomic mass is 10.1. The molecule has 0 saturated carbocycles. The first kappa shape index (κ1) is 20.4. The summed E-state index contributed by atoms with van der Waals surface area (Å²) >= 11 is 0. The zero-order valence-electron chi connectivity index (χ0n) is 17.9. The predicted molar refractivity (Wildman–Crippen MR) is 126 cm³/mol. The summed E-state index contributed by atoms with van der Waals surface area (Å²) in [6, 6.07) is 21.1. The highest BCUT2D eigenvalue weighted by molar-refractivity contribution is 5.89. The van der Waals surface area contributed by atoms with Gasteiger partial charge in [-0.25, -0.2) is 9.78 Å². The molecule has 0 fully saturated rings. The molecule has 33 heavy (non-hydrogen) atoms. The third kappa shape index (κ3) is 3.82. The van der Waals surface area contributed by atoms with Gasteiger partial charge < -0.3 is 15.0 Å². The lowest BCUT2D eigenvalue weighted by molar-refractivity contribution is 0.0600. The molecule has 2 N–H and O–H groups in total. The van der Waals surface area contributed by atoms with Gasteiger partial charge >= 0.3 is 5.97 Å². The van der Waals surface area contributed by atoms with Gasteiger partial charge in [0.05, 0.1) is 25.5 Å². The van der Waals surface area contributed by atoms with Gasteiger partial charge in [-0.05, 0) is 40.1 Å². The quantitative estimate of drug-likeness (QED) is 0.422. The first-order chi connectivity index (χ1) is 16.0. The highest BCUT2D eigenvalue weighted by Crippen LogP contribution is 2.18. The molecule has 0 bridgehead atoms. The van der Waals surface area contributed by atoms with Gasteiger partial charge in [0.1, 0.15) is 0 Å². The van der Waals surface area contributed by atoms with Crippen molar-refractivity contribution in [3.63, 3.8) is 0 Å². The number of hydrogen-bond acceptors (Lipinski definition) is 6. The van der Waals surface area contributed by atoms with Crippen LogP contribution in [-0.2, 0) is 17.8 Å². The molecule has 5 rings (SSSR count). The Morgan fingerprint density at radius 1 is 0.970 bits per heavy atom. The van der Waals surface area contributed by atoms with Crippen LogP contribution in [0.2, 0.25) is 0 Å². The summed E-state index contributed by atoms with van der Waals surface area (Å²) in [4.78, 5) is 33.7. The molecular formula is C25H21N5O3. The second-order valence-electron chi connectivity index (χ2n) is 7.78. The smallest absolute Gasteiger partial charge is 0.337 e. The summed E-state index contributed by atoms with van der Waals surface area (Å²) in [6.07, 6.45) is 1.58. The molecule has 0 amide bonds. The normalized spacial score (nSPS) is 11.2. The van der Waals surface area contributed by atoms with Gasteiger partial charge in [-0.2, -0.15) is 4.98 Å². The number of ether oxygens (including phenoxy) is 1. The Hall–Kier alpha value is -4.46. The fourth-order valence-electron chi connectivity index (χ4n) is 3.93. The number of nitrogens with zero attached hydrogens (tertiary/aromatic N) is 4. The molecule has 2 aromatic heterocycles. The van der Waals surface area contributed by atoms with Crippen LogP contribution in [0.25, 0.3) is 21.9 Å². The van der Waals surface area contributed by atoms with Crippen LogP contribution in [0.15, 0.2) is 77.9 Å². The minimum atomic E-state index is -0.397. The van der Waals surface area contributed by atoms with E-state index in [-0.39, 0.29) is 11.5 Å². The van der Waals surface area contributed by atoms with E-state index in [0.29, 0.717) is 29.8 Å². The number of carbonyl (C=O) groups is 1. The number of fused-ring (bicyclic) bond motifs is 2. The number of nitrogens with two attached hydrogens (primary N) is 1. The maximum atomic E-state index is 13.4. The second-order valence-corrected chi connectivity index (χ2v) is 7.78. The van der Waals surface area contributed by atoms with E-state index in [4.69, 9.17) is 10.5 Å². The van der Waals surface area contributed by atoms with Crippen molar-refractivity contribution in [2.24, 2.45) is 0 Å². The van der Waals surface area contributed by atoms with Crippen molar-refractivity contribution >= 4 is 33.9 Å². The maximum absolute atomic E-state index is 13.4. The van der Waals surface area contributed by atoms with E-state index in [1.165, 1.54) is 11.7 Å². The zero-order chi connectivity index (χ0) is 22.9. The maximum Gasteiger partial charge on any atom is 0.337 e. The Labute approximate surface area is 188 Å². The lowest BCUT2D eigenvalue weighted by Gasteiger charge is -2.11. The van der Waals surface area contributed by atoms with Crippen LogP contribution in [-0.4, -0.2) is 32.2 Å². The van der Waals surface area contributed by atoms with Gasteiger partial charge in [0.15, 0.2) is 11.2 Å². The Bertz CT molecular complexity index is 1550. The molecule has 0 aliphatic heterocycles. The zero-order valence-corrected chi connectivity index (χ0v) is 17.9. The molecule has 3 aromatic carbocycles. The van der Waals surface area contributed by atoms with Crippen molar-refractivity contribution < 1.29 is 9.53 Å². The standard InChI is InChI=1S/C25H21N5O3/c1-33-24(32)19-10-6-16(7-11-19)13-29-15-27-22-21(29)23(31)30(25(26)28-22)14-17-8-9-18-4-2-3-5-20(18)12-17/h2-12,15H,13-14H2,1H3,(H2,26,28). The number of methoxy groups -OCH3 is 1. The van der Waals surface area contributed by atoms with Crippen LogP contribution in [0, 0.1) is 0 Å². The van der Waals surface area contributed by atoms with Crippen molar-refractivity contribution in [1.29, 1.82) is 0 Å². The number of esters is 1. The monoisotopic (exact) mass is 439 g/mol. The summed E-state index contributed by atoms with van der Waals surface area (Å²) in [5, 5.41) is 2.22. The van der Waals surface area contributed by atoms with Gasteiger partial charge in [-0.15, -0.1) is 0 Å². The van der Waals surface area contributed by atoms with Gasteiger partial charge in [0, 0.05) is 6.54 Å². The van der Waals surface area contributed by atoms with E-state index in [9.17, 15) is 9.59 Å². The molecule has 0 aliphatic rings. The van der Waals surface area contributed by atoms with Crippen LogP contribution in [0.3, 0.4) is 0 Å². The molecule has 0 unspecified atom stereocenters. The number of hydrogen-bond donors (Lipinski definition) is 1. The fraction of sp³-hybridized carbons (Fsp3) is 0.120. The molecule has 164 valence electrons. The topological polar surface area (TPSA) is 105 Å². The molecule has 8 heteroatoms. The molecule has 0 spiro atoms. The van der Waals surface area contributed by atoms with E-state index >= 15 is 0 Å². The van der Waals surface area contributed by atoms with E-state index in [1.54, 1.807) is 23.0 Å². The van der Waals surface area contributed by atoms with Crippen molar-refractivity contribution in [2.45, 2.75) is 13.1 Å². The van der Waals surface area contributed by atoms with Crippen LogP contribution in [0.5, 0.6) is 0 Å². The highest BCUT2D eigenvalue weighted by Gasteiger charge is 2.15. The average molecular weight is 439 g/mol. The lowest BCUT2D eigenvalue weighted by Crippen LogP contribution is -2.26. The van der Waals surface area contributed by atoms with Gasteiger partial charge in [0.2, 0.25) is 5.95 Å². The third-order valence-electron chi connectivity index (χ3n) is 5.65. The van der Waals surface area contributed by atoms with Gasteiger partial charge in [0.25, 0.3) is 5.56 Å². The van der Waals surface area contributed by atoms with Crippen LogP contribution in [0.4, 0.5) is 5.95 Å². The van der Waals surface area contributed by atoms with Gasteiger partial charge in [-0.1, -0.05) is 48.5 Å². The van der Waals surface area contributed by atoms with Crippen molar-refractivity contribution in [3.8, 4) is 0 Å². The van der Waals surface area contributed by atoms with E-state index < -0.39 is 5.97 Å². The molecule has 2 heterocycles. The molecule has 8 nitrogen and oxygen atoms in total. The molecule has 0 atom stereocenters. The number of anilines is 1. The molecule has 0 aliphatic carbocycles. The van der Waals surface area contributed by atoms with Gasteiger partial charge in [-0.3, -0.25) is 9.36 Å².